The van der Waals surface area contributed by atoms with Gasteiger partial charge in [0.2, 0.25) is 0 Å². The zero-order valence-corrected chi connectivity index (χ0v) is 14.6. The molecule has 1 saturated heterocycles. The van der Waals surface area contributed by atoms with E-state index in [2.05, 4.69) is 15.6 Å². The molecule has 24 heavy (non-hydrogen) atoms. The Labute approximate surface area is 141 Å². The molecule has 8 nitrogen and oxygen atoms in total. The Balaban J connectivity index is 1.96. The van der Waals surface area contributed by atoms with Gasteiger partial charge in [0.1, 0.15) is 5.69 Å². The van der Waals surface area contributed by atoms with E-state index < -0.39 is 21.8 Å². The smallest absolute Gasteiger partial charge is 0.270 e. The summed E-state index contributed by atoms with van der Waals surface area (Å²) in [5.41, 5.74) is 0.438. The normalized spacial score (nSPS) is 19.2. The molecular formula is C15H22N4O4S. The summed E-state index contributed by atoms with van der Waals surface area (Å²) in [6.45, 7) is 1.20. The molecule has 1 aromatic rings. The molecule has 0 saturated carbocycles. The summed E-state index contributed by atoms with van der Waals surface area (Å²) in [6.07, 6.45) is 1.79. The van der Waals surface area contributed by atoms with E-state index in [1.165, 1.54) is 18.3 Å². The molecule has 0 bridgehead atoms. The van der Waals surface area contributed by atoms with Crippen LogP contribution in [0.1, 0.15) is 27.3 Å². The van der Waals surface area contributed by atoms with Gasteiger partial charge in [0, 0.05) is 30.9 Å². The van der Waals surface area contributed by atoms with E-state index in [-0.39, 0.29) is 23.1 Å². The lowest BCUT2D eigenvalue weighted by Gasteiger charge is -2.12. The van der Waals surface area contributed by atoms with Crippen LogP contribution in [0.25, 0.3) is 0 Å². The first-order chi connectivity index (χ1) is 11.3. The third kappa shape index (κ3) is 5.27. The topological polar surface area (TPSA) is 108 Å². The number of hydrogen-bond donors (Lipinski definition) is 2. The lowest BCUT2D eigenvalue weighted by Crippen LogP contribution is -2.36. The van der Waals surface area contributed by atoms with Gasteiger partial charge in [0.25, 0.3) is 11.8 Å². The molecule has 2 rings (SSSR count). The Hall–Kier alpha value is -2.00. The van der Waals surface area contributed by atoms with E-state index in [0.717, 1.165) is 0 Å². The van der Waals surface area contributed by atoms with Crippen LogP contribution in [0.5, 0.6) is 0 Å². The molecule has 1 unspecified atom stereocenters. The minimum atomic E-state index is -3.07. The number of nitrogens with zero attached hydrogens (tertiary/aromatic N) is 2. The first kappa shape index (κ1) is 18.3. The number of carbonyl (C=O) groups excluding carboxylic acids is 2. The van der Waals surface area contributed by atoms with Crippen LogP contribution in [0.15, 0.2) is 18.3 Å². The lowest BCUT2D eigenvalue weighted by atomic mass is 10.2. The molecular weight excluding hydrogens is 332 g/mol. The highest BCUT2D eigenvalue weighted by molar-refractivity contribution is 7.91. The molecule has 1 aromatic heterocycles. The number of likely N-dealkylation sites (N-methyl/N-ethyl adjacent to an activating group) is 1. The number of rotatable bonds is 6. The Kier molecular flexibility index (Phi) is 5.89. The van der Waals surface area contributed by atoms with E-state index in [9.17, 15) is 18.0 Å². The summed E-state index contributed by atoms with van der Waals surface area (Å²) in [4.78, 5) is 30.2. The van der Waals surface area contributed by atoms with Crippen LogP contribution in [0.4, 0.5) is 0 Å². The first-order valence-electron chi connectivity index (χ1n) is 7.67. The summed E-state index contributed by atoms with van der Waals surface area (Å²) in [7, 11) is 0.749. The van der Waals surface area contributed by atoms with Crippen molar-refractivity contribution in [3.05, 3.63) is 29.6 Å². The van der Waals surface area contributed by atoms with E-state index in [1.54, 1.807) is 0 Å². The van der Waals surface area contributed by atoms with Gasteiger partial charge in [-0.3, -0.25) is 14.6 Å². The number of pyridine rings is 1. The molecule has 2 amide bonds. The summed E-state index contributed by atoms with van der Waals surface area (Å²) >= 11 is 0. The lowest BCUT2D eigenvalue weighted by molar-refractivity contribution is 0.0936. The maximum absolute atomic E-state index is 12.2. The maximum Gasteiger partial charge on any atom is 0.270 e. The molecule has 0 aliphatic carbocycles. The van der Waals surface area contributed by atoms with E-state index in [0.29, 0.717) is 25.1 Å². The fourth-order valence-electron chi connectivity index (χ4n) is 2.36. The van der Waals surface area contributed by atoms with Gasteiger partial charge in [-0.1, -0.05) is 0 Å². The Morgan fingerprint density at radius 3 is 2.71 bits per heavy atom. The molecule has 1 atom stereocenters. The zero-order valence-electron chi connectivity index (χ0n) is 13.8. The Bertz CT molecular complexity index is 718. The highest BCUT2D eigenvalue weighted by Crippen LogP contribution is 2.12. The molecule has 0 aromatic carbocycles. The van der Waals surface area contributed by atoms with E-state index in [4.69, 9.17) is 0 Å². The van der Waals surface area contributed by atoms with Crippen LogP contribution in [-0.4, -0.2) is 74.8 Å². The predicted octanol–water partition coefficient (Wildman–Crippen LogP) is -0.710. The minimum absolute atomic E-state index is 0.0521. The molecule has 1 aliphatic rings. The molecule has 2 heterocycles. The van der Waals surface area contributed by atoms with Gasteiger partial charge < -0.3 is 15.5 Å². The van der Waals surface area contributed by atoms with Gasteiger partial charge in [0.05, 0.1) is 11.5 Å². The monoisotopic (exact) mass is 354 g/mol. The van der Waals surface area contributed by atoms with Crippen LogP contribution >= 0.6 is 0 Å². The number of amides is 2. The summed E-state index contributed by atoms with van der Waals surface area (Å²) in [6, 6.07) is 2.54. The van der Waals surface area contributed by atoms with Crippen molar-refractivity contribution in [2.75, 3.05) is 38.7 Å². The van der Waals surface area contributed by atoms with Crippen molar-refractivity contribution in [2.24, 2.45) is 0 Å². The second kappa shape index (κ2) is 7.71. The molecule has 2 N–H and O–H groups in total. The van der Waals surface area contributed by atoms with E-state index in [1.807, 2.05) is 19.0 Å². The first-order valence-corrected chi connectivity index (χ1v) is 9.49. The molecule has 1 fully saturated rings. The van der Waals surface area contributed by atoms with Gasteiger partial charge in [-0.05, 0) is 32.6 Å². The summed E-state index contributed by atoms with van der Waals surface area (Å²) < 4.78 is 22.9. The molecule has 9 heteroatoms. The third-order valence-electron chi connectivity index (χ3n) is 3.67. The Morgan fingerprint density at radius 2 is 2.08 bits per heavy atom. The van der Waals surface area contributed by atoms with Gasteiger partial charge in [-0.25, -0.2) is 8.42 Å². The van der Waals surface area contributed by atoms with Crippen molar-refractivity contribution in [1.82, 2.24) is 20.5 Å². The molecule has 0 radical (unpaired) electrons. The van der Waals surface area contributed by atoms with Gasteiger partial charge in [-0.15, -0.1) is 0 Å². The second-order valence-corrected chi connectivity index (χ2v) is 8.29. The van der Waals surface area contributed by atoms with Crippen molar-refractivity contribution in [1.29, 1.82) is 0 Å². The fourth-order valence-corrected chi connectivity index (χ4v) is 4.03. The average Bonchev–Trinajstić information content (AvgIpc) is 2.85. The van der Waals surface area contributed by atoms with Crippen LogP contribution in [0.2, 0.25) is 0 Å². The van der Waals surface area contributed by atoms with Crippen molar-refractivity contribution in [3.8, 4) is 0 Å². The number of sulfone groups is 1. The maximum atomic E-state index is 12.2. The second-order valence-electron chi connectivity index (χ2n) is 6.06. The standard InChI is InChI=1S/C15H22N4O4S/c1-19(2)7-6-17-14(20)11-3-5-16-13(9-11)15(21)18-12-4-8-24(22,23)10-12/h3,5,9,12H,4,6-8,10H2,1-2H3,(H,17,20)(H,18,21). The summed E-state index contributed by atoms with van der Waals surface area (Å²) in [5.74, 6) is -0.722. The van der Waals surface area contributed by atoms with Gasteiger partial charge >= 0.3 is 0 Å². The largest absolute Gasteiger partial charge is 0.351 e. The number of hydrogen-bond acceptors (Lipinski definition) is 6. The highest BCUT2D eigenvalue weighted by Gasteiger charge is 2.29. The highest BCUT2D eigenvalue weighted by atomic mass is 32.2. The van der Waals surface area contributed by atoms with Crippen molar-refractivity contribution >= 4 is 21.7 Å². The number of nitrogens with one attached hydrogen (secondary N) is 2. The third-order valence-corrected chi connectivity index (χ3v) is 5.43. The number of carbonyl (C=O) groups is 2. The molecule has 0 spiro atoms. The van der Waals surface area contributed by atoms with Crippen LogP contribution < -0.4 is 10.6 Å². The van der Waals surface area contributed by atoms with Crippen molar-refractivity contribution in [3.63, 3.8) is 0 Å². The van der Waals surface area contributed by atoms with Crippen molar-refractivity contribution in [2.45, 2.75) is 12.5 Å². The van der Waals surface area contributed by atoms with Crippen LogP contribution in [0, 0.1) is 0 Å². The number of aromatic nitrogens is 1. The fraction of sp³-hybridized carbons (Fsp3) is 0.533. The summed E-state index contributed by atoms with van der Waals surface area (Å²) in [5, 5.41) is 5.42. The zero-order chi connectivity index (χ0) is 17.7. The molecule has 1 aliphatic heterocycles. The Morgan fingerprint density at radius 1 is 1.33 bits per heavy atom. The quantitative estimate of drug-likeness (QED) is 0.699. The van der Waals surface area contributed by atoms with Crippen molar-refractivity contribution < 1.29 is 18.0 Å². The average molecular weight is 354 g/mol. The van der Waals surface area contributed by atoms with Gasteiger partial charge in [-0.2, -0.15) is 0 Å². The van der Waals surface area contributed by atoms with Crippen LogP contribution in [0.3, 0.4) is 0 Å². The molecule has 132 valence electrons. The predicted molar refractivity (Wildman–Crippen MR) is 89.6 cm³/mol. The van der Waals surface area contributed by atoms with E-state index >= 15 is 0 Å². The van der Waals surface area contributed by atoms with Gasteiger partial charge in [0.15, 0.2) is 9.84 Å². The minimum Gasteiger partial charge on any atom is -0.351 e. The van der Waals surface area contributed by atoms with Crippen LogP contribution in [-0.2, 0) is 9.84 Å². The SMILES string of the molecule is CN(C)CCNC(=O)c1ccnc(C(=O)NC2CCS(=O)(=O)C2)c1.